The molecule has 35 heavy (non-hydrogen) atoms. The van der Waals surface area contributed by atoms with Crippen molar-refractivity contribution in [3.8, 4) is 11.5 Å². The second-order valence-corrected chi connectivity index (χ2v) is 7.82. The van der Waals surface area contributed by atoms with Gasteiger partial charge in [0.2, 0.25) is 11.8 Å². The van der Waals surface area contributed by atoms with Crippen molar-refractivity contribution in [2.75, 3.05) is 57.1 Å². The first-order chi connectivity index (χ1) is 16.8. The van der Waals surface area contributed by atoms with Gasteiger partial charge in [0.15, 0.2) is 0 Å². The molecule has 190 valence electrons. The van der Waals surface area contributed by atoms with Crippen LogP contribution >= 0.6 is 0 Å². The molecule has 0 unspecified atom stereocenters. The lowest BCUT2D eigenvalue weighted by Crippen LogP contribution is -2.41. The van der Waals surface area contributed by atoms with Gasteiger partial charge in [0.25, 0.3) is 5.91 Å². The Hall–Kier alpha value is -3.59. The van der Waals surface area contributed by atoms with Gasteiger partial charge >= 0.3 is 0 Å². The molecule has 2 N–H and O–H groups in total. The van der Waals surface area contributed by atoms with Crippen LogP contribution in [0.25, 0.3) is 0 Å². The highest BCUT2D eigenvalue weighted by Crippen LogP contribution is 2.37. The minimum atomic E-state index is -0.302. The van der Waals surface area contributed by atoms with E-state index in [1.807, 2.05) is 33.8 Å². The van der Waals surface area contributed by atoms with Gasteiger partial charge in [-0.1, -0.05) is 18.2 Å². The van der Waals surface area contributed by atoms with E-state index in [2.05, 4.69) is 10.6 Å². The second-order valence-electron chi connectivity index (χ2n) is 7.82. The third-order valence-corrected chi connectivity index (χ3v) is 5.17. The number of rotatable bonds is 13. The Balaban J connectivity index is 2.19. The van der Waals surface area contributed by atoms with Crippen LogP contribution in [0.2, 0.25) is 0 Å². The standard InChI is InChI=1S/C26H36N4O5/c1-6-30(7-2)25(32)18-29(5)17-24(31)27-20-15-23(35-9-4)21(16-22(20)34-8-3)28-26(33)19-13-11-10-12-14-19/h10-16H,6-9,17-18H2,1-5H3,(H,27,31)(H,28,33). The van der Waals surface area contributed by atoms with Crippen LogP contribution in [0.5, 0.6) is 11.5 Å². The number of carbonyl (C=O) groups excluding carboxylic acids is 3. The van der Waals surface area contributed by atoms with Crippen LogP contribution in [0.15, 0.2) is 42.5 Å². The van der Waals surface area contributed by atoms with Crippen molar-refractivity contribution < 1.29 is 23.9 Å². The van der Waals surface area contributed by atoms with Crippen LogP contribution in [-0.4, -0.2) is 74.0 Å². The molecule has 0 aromatic heterocycles. The zero-order valence-electron chi connectivity index (χ0n) is 21.2. The minimum Gasteiger partial charge on any atom is -0.492 e. The zero-order valence-corrected chi connectivity index (χ0v) is 21.2. The lowest BCUT2D eigenvalue weighted by atomic mass is 10.2. The Morgan fingerprint density at radius 3 is 1.86 bits per heavy atom. The maximum absolute atomic E-state index is 12.7. The Bertz CT molecular complexity index is 993. The number of nitrogens with zero attached hydrogens (tertiary/aromatic N) is 2. The molecule has 2 aromatic carbocycles. The molecular weight excluding hydrogens is 448 g/mol. The highest BCUT2D eigenvalue weighted by Gasteiger charge is 2.19. The van der Waals surface area contributed by atoms with Crippen LogP contribution in [0.4, 0.5) is 11.4 Å². The molecule has 0 radical (unpaired) electrons. The third-order valence-electron chi connectivity index (χ3n) is 5.17. The quantitative estimate of drug-likeness (QED) is 0.452. The number of hydrogen-bond acceptors (Lipinski definition) is 6. The normalized spacial score (nSPS) is 10.6. The van der Waals surface area contributed by atoms with E-state index in [9.17, 15) is 14.4 Å². The topological polar surface area (TPSA) is 100 Å². The molecule has 0 aliphatic rings. The highest BCUT2D eigenvalue weighted by atomic mass is 16.5. The Kier molecular flexibility index (Phi) is 11.0. The summed E-state index contributed by atoms with van der Waals surface area (Å²) in [6.45, 7) is 9.65. The van der Waals surface area contributed by atoms with Crippen LogP contribution in [0.3, 0.4) is 0 Å². The predicted octanol–water partition coefficient (Wildman–Crippen LogP) is 3.48. The number of nitrogens with one attached hydrogen (secondary N) is 2. The van der Waals surface area contributed by atoms with Crippen LogP contribution in [0, 0.1) is 0 Å². The molecule has 0 saturated carbocycles. The fourth-order valence-electron chi connectivity index (χ4n) is 3.49. The lowest BCUT2D eigenvalue weighted by molar-refractivity contribution is -0.132. The van der Waals surface area contributed by atoms with Gasteiger partial charge in [-0.2, -0.15) is 0 Å². The first-order valence-electron chi connectivity index (χ1n) is 11.9. The molecule has 9 nitrogen and oxygen atoms in total. The van der Waals surface area contributed by atoms with Crippen LogP contribution in [0.1, 0.15) is 38.1 Å². The monoisotopic (exact) mass is 484 g/mol. The maximum Gasteiger partial charge on any atom is 0.255 e. The molecule has 0 saturated heterocycles. The number of ether oxygens (including phenoxy) is 2. The summed E-state index contributed by atoms with van der Waals surface area (Å²) in [5, 5.41) is 5.70. The molecule has 0 heterocycles. The van der Waals surface area contributed by atoms with Crippen LogP contribution < -0.4 is 20.1 Å². The van der Waals surface area contributed by atoms with E-state index in [0.717, 1.165) is 0 Å². The van der Waals surface area contributed by atoms with E-state index in [1.165, 1.54) is 0 Å². The highest BCUT2D eigenvalue weighted by molar-refractivity contribution is 6.05. The summed E-state index contributed by atoms with van der Waals surface area (Å²) < 4.78 is 11.5. The molecule has 0 aliphatic carbocycles. The van der Waals surface area contributed by atoms with Gasteiger partial charge in [-0.25, -0.2) is 0 Å². The van der Waals surface area contributed by atoms with E-state index >= 15 is 0 Å². The van der Waals surface area contributed by atoms with Crippen molar-refractivity contribution in [3.63, 3.8) is 0 Å². The van der Waals surface area contributed by atoms with Crippen LogP contribution in [-0.2, 0) is 9.59 Å². The van der Waals surface area contributed by atoms with Crippen molar-refractivity contribution in [2.45, 2.75) is 27.7 Å². The van der Waals surface area contributed by atoms with E-state index in [0.29, 0.717) is 54.7 Å². The average Bonchev–Trinajstić information content (AvgIpc) is 2.83. The number of carbonyl (C=O) groups is 3. The third kappa shape index (κ3) is 8.29. The molecular formula is C26H36N4O5. The lowest BCUT2D eigenvalue weighted by Gasteiger charge is -2.23. The van der Waals surface area contributed by atoms with Gasteiger partial charge in [-0.05, 0) is 46.9 Å². The number of likely N-dealkylation sites (N-methyl/N-ethyl adjacent to an activating group) is 2. The summed E-state index contributed by atoms with van der Waals surface area (Å²) in [7, 11) is 1.72. The molecule has 0 spiro atoms. The van der Waals surface area contributed by atoms with E-state index < -0.39 is 0 Å². The molecule has 0 aliphatic heterocycles. The fraction of sp³-hybridized carbons (Fsp3) is 0.423. The Labute approximate surface area is 207 Å². The van der Waals surface area contributed by atoms with Gasteiger partial charge in [-0.15, -0.1) is 0 Å². The van der Waals surface area contributed by atoms with Crippen molar-refractivity contribution in [1.82, 2.24) is 9.80 Å². The first kappa shape index (κ1) is 27.7. The predicted molar refractivity (Wildman–Crippen MR) is 137 cm³/mol. The molecule has 9 heteroatoms. The minimum absolute atomic E-state index is 0.0229. The van der Waals surface area contributed by atoms with Gasteiger partial charge in [0.1, 0.15) is 11.5 Å². The van der Waals surface area contributed by atoms with Gasteiger partial charge in [0.05, 0.1) is 37.7 Å². The number of amides is 3. The molecule has 0 fully saturated rings. The van der Waals surface area contributed by atoms with Gasteiger partial charge in [0, 0.05) is 30.8 Å². The molecule has 3 amide bonds. The number of anilines is 2. The zero-order chi connectivity index (χ0) is 25.8. The van der Waals surface area contributed by atoms with Crippen molar-refractivity contribution >= 4 is 29.1 Å². The summed E-state index contributed by atoms with van der Waals surface area (Å²) in [6, 6.07) is 12.1. The first-order valence-corrected chi connectivity index (χ1v) is 11.9. The smallest absolute Gasteiger partial charge is 0.255 e. The maximum atomic E-state index is 12.7. The largest absolute Gasteiger partial charge is 0.492 e. The molecule has 2 aromatic rings. The Morgan fingerprint density at radius 2 is 1.34 bits per heavy atom. The van der Waals surface area contributed by atoms with Crippen molar-refractivity contribution in [2.24, 2.45) is 0 Å². The summed E-state index contributed by atoms with van der Waals surface area (Å²) in [5.41, 5.74) is 1.36. The summed E-state index contributed by atoms with van der Waals surface area (Å²) in [5.74, 6) is 0.183. The van der Waals surface area contributed by atoms with E-state index in [-0.39, 0.29) is 30.8 Å². The second kappa shape index (κ2) is 14.0. The van der Waals surface area contributed by atoms with Gasteiger partial charge < -0.3 is 25.0 Å². The Morgan fingerprint density at radius 1 is 0.800 bits per heavy atom. The summed E-state index contributed by atoms with van der Waals surface area (Å²) >= 11 is 0. The molecule has 0 atom stereocenters. The molecule has 0 bridgehead atoms. The van der Waals surface area contributed by atoms with Crippen molar-refractivity contribution in [1.29, 1.82) is 0 Å². The van der Waals surface area contributed by atoms with E-state index in [1.54, 1.807) is 53.2 Å². The summed E-state index contributed by atoms with van der Waals surface area (Å²) in [6.07, 6.45) is 0. The molecule has 2 rings (SSSR count). The van der Waals surface area contributed by atoms with Crippen molar-refractivity contribution in [3.05, 3.63) is 48.0 Å². The number of hydrogen-bond donors (Lipinski definition) is 2. The number of benzene rings is 2. The fourth-order valence-corrected chi connectivity index (χ4v) is 3.49. The average molecular weight is 485 g/mol. The van der Waals surface area contributed by atoms with E-state index in [4.69, 9.17) is 9.47 Å². The SMILES string of the molecule is CCOc1cc(NC(=O)c2ccccc2)c(OCC)cc1NC(=O)CN(C)CC(=O)N(CC)CC. The van der Waals surface area contributed by atoms with Gasteiger partial charge in [-0.3, -0.25) is 19.3 Å². The summed E-state index contributed by atoms with van der Waals surface area (Å²) in [4.78, 5) is 41.1.